The van der Waals surface area contributed by atoms with Crippen molar-refractivity contribution in [3.63, 3.8) is 0 Å². The summed E-state index contributed by atoms with van der Waals surface area (Å²) in [6.45, 7) is 3.54. The topological polar surface area (TPSA) is 184 Å². The molecule has 8 rings (SSSR count). The van der Waals surface area contributed by atoms with E-state index in [4.69, 9.17) is 28.9 Å². The zero-order chi connectivity index (χ0) is 37.7. The van der Waals surface area contributed by atoms with Crippen LogP contribution in [-0.4, -0.2) is 106 Å². The van der Waals surface area contributed by atoms with Crippen molar-refractivity contribution in [1.82, 2.24) is 35.1 Å². The van der Waals surface area contributed by atoms with Crippen molar-refractivity contribution in [2.24, 2.45) is 5.92 Å². The third kappa shape index (κ3) is 6.26. The van der Waals surface area contributed by atoms with E-state index in [1.54, 1.807) is 25.1 Å². The second-order valence-electron chi connectivity index (χ2n) is 14.2. The minimum Gasteiger partial charge on any atom is -0.488 e. The van der Waals surface area contributed by atoms with Crippen LogP contribution >= 0.6 is 0 Å². The molecule has 2 fully saturated rings. The van der Waals surface area contributed by atoms with E-state index in [9.17, 15) is 19.5 Å². The molecule has 3 aromatic carbocycles. The standard InChI is InChI=1S/C39H43N7O8/c1-20(52-3)33(44-38(48)53-4)37(47)45-11-5-6-30(45)35-40-16-29(42-35)23-7-9-25-24(13-23)19-54-32-15-26-22(14-27(25)32)8-10-28-34(26)43-36(41-28)31-12-21(18-51-2)17-46(31)39(49)50/h7-10,13-16,20-21,30-31,33H,5-6,11-12,17-19H2,1-4H3,(H,40,42)(H,41,43)(H,44,48)(H,49,50)/t20-,21+,30+,31+,33+/m1/s1. The van der Waals surface area contributed by atoms with Crippen molar-refractivity contribution in [2.45, 2.75) is 57.0 Å². The Hall–Kier alpha value is -5.67. The van der Waals surface area contributed by atoms with E-state index >= 15 is 0 Å². The van der Waals surface area contributed by atoms with Gasteiger partial charge >= 0.3 is 12.2 Å². The molecule has 3 aliphatic rings. The average molecular weight is 738 g/mol. The number of hydrogen-bond donors (Lipinski definition) is 4. The number of imidazole rings is 2. The molecule has 2 aromatic heterocycles. The van der Waals surface area contributed by atoms with Crippen molar-refractivity contribution in [3.05, 3.63) is 65.9 Å². The van der Waals surface area contributed by atoms with E-state index in [2.05, 4.69) is 39.6 Å². The zero-order valence-corrected chi connectivity index (χ0v) is 30.5. The Labute approximate surface area is 310 Å². The van der Waals surface area contributed by atoms with Crippen LogP contribution in [-0.2, 0) is 25.6 Å². The minimum absolute atomic E-state index is 0.104. The van der Waals surface area contributed by atoms with Gasteiger partial charge in [-0.05, 0) is 72.5 Å². The molecule has 15 nitrogen and oxygen atoms in total. The predicted molar refractivity (Wildman–Crippen MR) is 198 cm³/mol. The van der Waals surface area contributed by atoms with E-state index in [1.165, 1.54) is 19.1 Å². The molecule has 0 aliphatic carbocycles. The molecule has 5 atom stereocenters. The van der Waals surface area contributed by atoms with Gasteiger partial charge in [-0.3, -0.25) is 9.69 Å². The molecule has 0 radical (unpaired) electrons. The van der Waals surface area contributed by atoms with E-state index in [0.29, 0.717) is 44.4 Å². The van der Waals surface area contributed by atoms with E-state index in [0.717, 1.165) is 68.3 Å². The molecule has 2 saturated heterocycles. The summed E-state index contributed by atoms with van der Waals surface area (Å²) in [5.41, 5.74) is 6.45. The van der Waals surface area contributed by atoms with Crippen LogP contribution in [0.5, 0.6) is 5.75 Å². The summed E-state index contributed by atoms with van der Waals surface area (Å²) in [4.78, 5) is 57.5. The number of nitrogens with zero attached hydrogens (tertiary/aromatic N) is 4. The van der Waals surface area contributed by atoms with Gasteiger partial charge in [0.2, 0.25) is 5.91 Å². The molecular weight excluding hydrogens is 694 g/mol. The van der Waals surface area contributed by atoms with Gasteiger partial charge in [-0.2, -0.15) is 0 Å². The largest absolute Gasteiger partial charge is 0.488 e. The quantitative estimate of drug-likeness (QED) is 0.145. The summed E-state index contributed by atoms with van der Waals surface area (Å²) in [6, 6.07) is 12.9. The molecule has 0 saturated carbocycles. The van der Waals surface area contributed by atoms with Crippen LogP contribution in [0.4, 0.5) is 9.59 Å². The summed E-state index contributed by atoms with van der Waals surface area (Å²) in [6.07, 6.45) is 1.73. The number of aromatic nitrogens is 4. The maximum atomic E-state index is 13.7. The van der Waals surface area contributed by atoms with Crippen LogP contribution in [0.3, 0.4) is 0 Å². The molecule has 0 spiro atoms. The number of carboxylic acid groups (broad SMARTS) is 1. The molecule has 15 heteroatoms. The van der Waals surface area contributed by atoms with Crippen molar-refractivity contribution in [3.8, 4) is 28.1 Å². The number of benzene rings is 3. The summed E-state index contributed by atoms with van der Waals surface area (Å²) in [5.74, 6) is 1.91. The number of H-pyrrole nitrogens is 2. The van der Waals surface area contributed by atoms with Crippen molar-refractivity contribution in [1.29, 1.82) is 0 Å². The fourth-order valence-electron chi connectivity index (χ4n) is 8.23. The Morgan fingerprint density at radius 2 is 1.89 bits per heavy atom. The van der Waals surface area contributed by atoms with Gasteiger partial charge in [0.05, 0.1) is 54.8 Å². The Bertz CT molecular complexity index is 2250. The number of rotatable bonds is 9. The first kappa shape index (κ1) is 35.4. The molecular formula is C39H43N7O8. The van der Waals surface area contributed by atoms with Crippen molar-refractivity contribution < 1.29 is 38.4 Å². The molecule has 5 aromatic rings. The van der Waals surface area contributed by atoms with Gasteiger partial charge < -0.3 is 44.2 Å². The summed E-state index contributed by atoms with van der Waals surface area (Å²) >= 11 is 0. The molecule has 282 valence electrons. The van der Waals surface area contributed by atoms with Gasteiger partial charge in [-0.25, -0.2) is 19.6 Å². The van der Waals surface area contributed by atoms with E-state index in [1.807, 2.05) is 18.2 Å². The number of hydrogen-bond acceptors (Lipinski definition) is 9. The van der Waals surface area contributed by atoms with Gasteiger partial charge in [-0.1, -0.05) is 18.2 Å². The molecule has 3 amide bonds. The third-order valence-electron chi connectivity index (χ3n) is 11.0. The van der Waals surface area contributed by atoms with Crippen LogP contribution in [0.1, 0.15) is 55.5 Å². The van der Waals surface area contributed by atoms with Gasteiger partial charge in [0.15, 0.2) is 0 Å². The second kappa shape index (κ2) is 14.3. The zero-order valence-electron chi connectivity index (χ0n) is 30.5. The fourth-order valence-corrected chi connectivity index (χ4v) is 8.23. The maximum Gasteiger partial charge on any atom is 0.407 e. The molecule has 0 bridgehead atoms. The van der Waals surface area contributed by atoms with Crippen LogP contribution in [0.15, 0.2) is 48.7 Å². The van der Waals surface area contributed by atoms with Gasteiger partial charge in [0.1, 0.15) is 30.0 Å². The molecule has 0 unspecified atom stereocenters. The number of carbonyl (C=O) groups excluding carboxylic acids is 2. The molecule has 54 heavy (non-hydrogen) atoms. The Morgan fingerprint density at radius 1 is 1.04 bits per heavy atom. The summed E-state index contributed by atoms with van der Waals surface area (Å²) in [7, 11) is 4.39. The highest BCUT2D eigenvalue weighted by Gasteiger charge is 2.40. The summed E-state index contributed by atoms with van der Waals surface area (Å²) < 4.78 is 21.8. The highest BCUT2D eigenvalue weighted by molar-refractivity contribution is 6.07. The smallest absolute Gasteiger partial charge is 0.407 e. The third-order valence-corrected chi connectivity index (χ3v) is 11.0. The minimum atomic E-state index is -0.967. The average Bonchev–Trinajstić information content (AvgIpc) is 4.01. The van der Waals surface area contributed by atoms with E-state index < -0.39 is 24.3 Å². The Kier molecular flexibility index (Phi) is 9.36. The lowest BCUT2D eigenvalue weighted by molar-refractivity contribution is -0.137. The van der Waals surface area contributed by atoms with Crippen LogP contribution in [0.25, 0.3) is 44.2 Å². The highest BCUT2D eigenvalue weighted by atomic mass is 16.5. The SMILES string of the molecule is COC[C@H]1C[C@@H](c2nc3c(ccc4cc5c(cc43)OCc3cc(-c4cnc([C@@H]6CCCN6C(=O)[C@@H](NC(=O)OC)[C@@H](C)OC)[nH]4)ccc3-5)[nH]2)N(C(=O)O)C1. The number of aromatic amines is 2. The Morgan fingerprint density at radius 3 is 2.67 bits per heavy atom. The van der Waals surface area contributed by atoms with Crippen LogP contribution in [0.2, 0.25) is 0 Å². The maximum absolute atomic E-state index is 13.7. The monoisotopic (exact) mass is 737 g/mol. The lowest BCUT2D eigenvalue weighted by atomic mass is 9.92. The first-order chi connectivity index (χ1) is 26.2. The number of alkyl carbamates (subject to hydrolysis) is 1. The number of ether oxygens (including phenoxy) is 4. The lowest BCUT2D eigenvalue weighted by Gasteiger charge is -2.30. The molecule has 3 aliphatic heterocycles. The number of likely N-dealkylation sites (tertiary alicyclic amines) is 2. The normalized spacial score (nSPS) is 20.4. The van der Waals surface area contributed by atoms with Crippen LogP contribution < -0.4 is 10.1 Å². The summed E-state index contributed by atoms with van der Waals surface area (Å²) in [5, 5.41) is 14.5. The number of nitrogens with one attached hydrogen (secondary N) is 3. The second-order valence-corrected chi connectivity index (χ2v) is 14.2. The van der Waals surface area contributed by atoms with Crippen molar-refractivity contribution >= 4 is 39.9 Å². The van der Waals surface area contributed by atoms with Crippen molar-refractivity contribution in [2.75, 3.05) is 41.0 Å². The van der Waals surface area contributed by atoms with E-state index in [-0.39, 0.29) is 23.9 Å². The number of amides is 3. The fraction of sp³-hybridized carbons (Fsp3) is 0.410. The van der Waals surface area contributed by atoms with Gasteiger partial charge in [0.25, 0.3) is 0 Å². The van der Waals surface area contributed by atoms with Gasteiger partial charge in [-0.15, -0.1) is 0 Å². The highest BCUT2D eigenvalue weighted by Crippen LogP contribution is 2.43. The predicted octanol–water partition coefficient (Wildman–Crippen LogP) is 5.78. The Balaban J connectivity index is 1.05. The molecule has 5 heterocycles. The number of methoxy groups -OCH3 is 3. The van der Waals surface area contributed by atoms with Crippen LogP contribution in [0, 0.1) is 5.92 Å². The van der Waals surface area contributed by atoms with Gasteiger partial charge in [0, 0.05) is 44.2 Å². The lowest BCUT2D eigenvalue weighted by Crippen LogP contribution is -2.54. The molecule has 4 N–H and O–H groups in total. The number of carbonyl (C=O) groups is 3. The number of fused-ring (bicyclic) bond motifs is 6. The first-order valence-corrected chi connectivity index (χ1v) is 18.1. The first-order valence-electron chi connectivity index (χ1n) is 18.1.